The third-order valence-corrected chi connectivity index (χ3v) is 12.3. The fraction of sp³-hybridized carbons (Fsp3) is 0.750. The second-order valence-corrected chi connectivity index (χ2v) is 17.8. The van der Waals surface area contributed by atoms with Crippen molar-refractivity contribution in [2.45, 2.75) is 76.9 Å². The van der Waals surface area contributed by atoms with Gasteiger partial charge in [-0.1, -0.05) is 20.8 Å². The highest BCUT2D eigenvalue weighted by molar-refractivity contribution is 7.90. The summed E-state index contributed by atoms with van der Waals surface area (Å²) in [5.74, 6) is 0.762. The maximum absolute atomic E-state index is 12.7. The molecule has 11 heteroatoms. The molecule has 2 rings (SSSR count). The first-order chi connectivity index (χ1) is 14.1. The van der Waals surface area contributed by atoms with Crippen LogP contribution in [0.5, 0.6) is 5.88 Å². The predicted octanol–water partition coefficient (Wildman–Crippen LogP) is 4.43. The Kier molecular flexibility index (Phi) is 8.58. The summed E-state index contributed by atoms with van der Waals surface area (Å²) in [5, 5.41) is 0.129. The van der Waals surface area contributed by atoms with Gasteiger partial charge in [-0.2, -0.15) is 4.98 Å². The predicted molar refractivity (Wildman–Crippen MR) is 128 cm³/mol. The standard InChI is InChI=1S/C20H36N3O5PSSi/c1-19(2,3)30(26)22-16-11-12-23(13-14-27-31(7,8)20(4,5)6)18-15(16)9-10-17(21-18)28-29(24)25/h9-10,16,22H,11-14H2,1-8H3/p+1. The van der Waals surface area contributed by atoms with Gasteiger partial charge in [-0.3, -0.25) is 0 Å². The van der Waals surface area contributed by atoms with E-state index in [1.807, 2.05) is 26.8 Å². The lowest BCUT2D eigenvalue weighted by molar-refractivity contribution is 0.291. The first-order valence-electron chi connectivity index (χ1n) is 10.5. The second kappa shape index (κ2) is 10.0. The Bertz CT molecular complexity index is 785. The quantitative estimate of drug-likeness (QED) is 0.313. The topological polar surface area (TPSA) is 107 Å². The van der Waals surface area contributed by atoms with Crippen LogP contribution in [0, 0.1) is 0 Å². The molecule has 1 aliphatic heterocycles. The molecule has 0 amide bonds. The van der Waals surface area contributed by atoms with E-state index in [4.69, 9.17) is 13.8 Å². The molecule has 31 heavy (non-hydrogen) atoms. The summed E-state index contributed by atoms with van der Waals surface area (Å²) in [6, 6.07) is 3.28. The minimum atomic E-state index is -2.80. The number of fused-ring (bicyclic) bond motifs is 1. The van der Waals surface area contributed by atoms with Crippen LogP contribution in [-0.2, 0) is 20.4 Å². The Hall–Kier alpha value is -0.743. The summed E-state index contributed by atoms with van der Waals surface area (Å²) in [6.45, 7) is 18.8. The van der Waals surface area contributed by atoms with E-state index < -0.39 is 27.9 Å². The summed E-state index contributed by atoms with van der Waals surface area (Å²) < 4.78 is 37.9. The molecule has 1 aromatic heterocycles. The molecular weight excluding hydrogens is 453 g/mol. The molecule has 0 aromatic carbocycles. The zero-order valence-electron chi connectivity index (χ0n) is 19.9. The number of aromatic nitrogens is 1. The minimum absolute atomic E-state index is 0.0928. The highest BCUT2D eigenvalue weighted by Gasteiger charge is 2.38. The molecule has 2 heterocycles. The van der Waals surface area contributed by atoms with E-state index in [1.165, 1.54) is 0 Å². The smallest absolute Gasteiger partial charge is 0.598 e. The van der Waals surface area contributed by atoms with Crippen LogP contribution in [0.1, 0.15) is 59.6 Å². The molecule has 1 aromatic rings. The lowest BCUT2D eigenvalue weighted by Crippen LogP contribution is -2.46. The van der Waals surface area contributed by atoms with Crippen molar-refractivity contribution in [3.8, 4) is 5.88 Å². The molecule has 0 radical (unpaired) electrons. The van der Waals surface area contributed by atoms with Gasteiger partial charge in [0.25, 0.3) is 5.88 Å². The van der Waals surface area contributed by atoms with E-state index >= 15 is 0 Å². The molecule has 3 atom stereocenters. The zero-order valence-corrected chi connectivity index (χ0v) is 22.6. The summed E-state index contributed by atoms with van der Waals surface area (Å²) in [4.78, 5) is 15.7. The van der Waals surface area contributed by atoms with Crippen molar-refractivity contribution in [1.29, 1.82) is 0 Å². The molecule has 0 fully saturated rings. The van der Waals surface area contributed by atoms with Gasteiger partial charge in [0.05, 0.1) is 12.6 Å². The molecule has 0 saturated heterocycles. The number of nitrogens with one attached hydrogen (secondary N) is 1. The summed E-state index contributed by atoms with van der Waals surface area (Å²) in [5.41, 5.74) is 0.900. The van der Waals surface area contributed by atoms with Crippen molar-refractivity contribution in [3.63, 3.8) is 0 Å². The number of nitrogens with zero attached hydrogens (tertiary/aromatic N) is 2. The van der Waals surface area contributed by atoms with Gasteiger partial charge in [0.2, 0.25) is 0 Å². The third-order valence-electron chi connectivity index (χ3n) is 5.85. The molecule has 0 saturated carbocycles. The lowest BCUT2D eigenvalue weighted by atomic mass is 10.0. The monoisotopic (exact) mass is 490 g/mol. The molecule has 0 bridgehead atoms. The van der Waals surface area contributed by atoms with Crippen LogP contribution >= 0.6 is 8.25 Å². The highest BCUT2D eigenvalue weighted by Crippen LogP contribution is 2.38. The van der Waals surface area contributed by atoms with Crippen LogP contribution in [0.3, 0.4) is 0 Å². The van der Waals surface area contributed by atoms with Gasteiger partial charge in [-0.25, -0.2) is 4.52 Å². The SMILES string of the molecule is CC(C)(C)[S+]([O-])NC1CCN(CCO[Si](C)(C)C(C)(C)C)c2nc(O[P+](=O)O)ccc21. The molecule has 0 aliphatic carbocycles. The summed E-state index contributed by atoms with van der Waals surface area (Å²) in [6.07, 6.45) is 0.769. The van der Waals surface area contributed by atoms with Crippen molar-refractivity contribution < 1.29 is 23.0 Å². The van der Waals surface area contributed by atoms with Crippen molar-refractivity contribution in [3.05, 3.63) is 17.7 Å². The number of hydrogen-bond donors (Lipinski definition) is 2. The number of rotatable bonds is 8. The Morgan fingerprint density at radius 1 is 1.32 bits per heavy atom. The van der Waals surface area contributed by atoms with Crippen LogP contribution < -0.4 is 14.1 Å². The first kappa shape index (κ1) is 26.5. The zero-order chi connectivity index (χ0) is 23.6. The average molecular weight is 491 g/mol. The number of pyridine rings is 1. The molecule has 1 aliphatic rings. The molecule has 176 valence electrons. The second-order valence-electron chi connectivity index (χ2n) is 10.3. The van der Waals surface area contributed by atoms with E-state index in [1.54, 1.807) is 6.07 Å². The molecular formula is C20H37N3O5PSSi+. The average Bonchev–Trinajstić information content (AvgIpc) is 2.60. The van der Waals surface area contributed by atoms with Gasteiger partial charge in [0, 0.05) is 40.6 Å². The Labute approximate surface area is 191 Å². The Morgan fingerprint density at radius 2 is 1.97 bits per heavy atom. The van der Waals surface area contributed by atoms with Crippen LogP contribution in [0.15, 0.2) is 12.1 Å². The van der Waals surface area contributed by atoms with Gasteiger partial charge < -0.3 is 13.9 Å². The maximum Gasteiger partial charge on any atom is 0.749 e. The van der Waals surface area contributed by atoms with E-state index in [9.17, 15) is 9.12 Å². The summed E-state index contributed by atoms with van der Waals surface area (Å²) >= 11 is -1.23. The van der Waals surface area contributed by atoms with Gasteiger partial charge >= 0.3 is 8.25 Å². The van der Waals surface area contributed by atoms with E-state index in [2.05, 4.69) is 48.5 Å². The van der Waals surface area contributed by atoms with E-state index in [0.29, 0.717) is 25.5 Å². The van der Waals surface area contributed by atoms with Crippen molar-refractivity contribution in [2.24, 2.45) is 0 Å². The van der Waals surface area contributed by atoms with E-state index in [0.717, 1.165) is 12.0 Å². The molecule has 0 spiro atoms. The van der Waals surface area contributed by atoms with Crippen molar-refractivity contribution in [2.75, 3.05) is 24.6 Å². The lowest BCUT2D eigenvalue weighted by Gasteiger charge is -2.39. The largest absolute Gasteiger partial charge is 0.749 e. The fourth-order valence-corrected chi connectivity index (χ4v) is 5.07. The van der Waals surface area contributed by atoms with Crippen LogP contribution in [-0.4, -0.2) is 47.2 Å². The summed E-state index contributed by atoms with van der Waals surface area (Å²) in [7, 11) is -4.66. The van der Waals surface area contributed by atoms with Gasteiger partial charge in [0.15, 0.2) is 8.32 Å². The van der Waals surface area contributed by atoms with Crippen LogP contribution in [0.4, 0.5) is 5.82 Å². The van der Waals surface area contributed by atoms with Gasteiger partial charge in [-0.15, -0.1) is 9.62 Å². The molecule has 2 N–H and O–H groups in total. The first-order valence-corrected chi connectivity index (χ1v) is 15.7. The Morgan fingerprint density at radius 3 is 2.52 bits per heavy atom. The van der Waals surface area contributed by atoms with E-state index in [-0.39, 0.29) is 21.7 Å². The number of hydrogen-bond acceptors (Lipinski definition) is 7. The van der Waals surface area contributed by atoms with Gasteiger partial charge in [-0.05, 0) is 51.4 Å². The molecule has 8 nitrogen and oxygen atoms in total. The van der Waals surface area contributed by atoms with Crippen LogP contribution in [0.25, 0.3) is 0 Å². The third kappa shape index (κ3) is 7.12. The fourth-order valence-electron chi connectivity index (χ4n) is 2.92. The minimum Gasteiger partial charge on any atom is -0.598 e. The highest BCUT2D eigenvalue weighted by atomic mass is 32.2. The van der Waals surface area contributed by atoms with Crippen LogP contribution in [0.2, 0.25) is 18.1 Å². The number of anilines is 1. The Balaban J connectivity index is 2.23. The van der Waals surface area contributed by atoms with Crippen molar-refractivity contribution in [1.82, 2.24) is 9.71 Å². The normalized spacial score (nSPS) is 19.1. The maximum atomic E-state index is 12.7. The van der Waals surface area contributed by atoms with Crippen molar-refractivity contribution >= 4 is 33.8 Å². The molecule has 3 unspecified atom stereocenters. The van der Waals surface area contributed by atoms with Gasteiger partial charge in [0.1, 0.15) is 10.6 Å².